The van der Waals surface area contributed by atoms with E-state index in [1.807, 2.05) is 37.3 Å². The van der Waals surface area contributed by atoms with Crippen molar-refractivity contribution in [3.05, 3.63) is 35.9 Å². The third-order valence-corrected chi connectivity index (χ3v) is 4.50. The highest BCUT2D eigenvalue weighted by Crippen LogP contribution is 2.42. The molecule has 0 atom stereocenters. The lowest BCUT2D eigenvalue weighted by molar-refractivity contribution is -0.149. The van der Waals surface area contributed by atoms with Gasteiger partial charge >= 0.3 is 5.97 Å². The van der Waals surface area contributed by atoms with Crippen LogP contribution < -0.4 is 0 Å². The molecule has 0 aromatic heterocycles. The van der Waals surface area contributed by atoms with Gasteiger partial charge in [-0.25, -0.2) is 0 Å². The second-order valence-corrected chi connectivity index (χ2v) is 6.30. The summed E-state index contributed by atoms with van der Waals surface area (Å²) in [7, 11) is 0. The molecule has 3 heteroatoms. The van der Waals surface area contributed by atoms with Gasteiger partial charge in [0.15, 0.2) is 5.78 Å². The zero-order chi connectivity index (χ0) is 15.3. The van der Waals surface area contributed by atoms with Gasteiger partial charge < -0.3 is 4.74 Å². The van der Waals surface area contributed by atoms with Crippen molar-refractivity contribution in [3.63, 3.8) is 0 Å². The van der Waals surface area contributed by atoms with Gasteiger partial charge in [0.05, 0.1) is 12.5 Å². The van der Waals surface area contributed by atoms with Crippen LogP contribution in [0.1, 0.15) is 56.3 Å². The molecule has 0 amide bonds. The average Bonchev–Trinajstić information content (AvgIpc) is 2.48. The van der Waals surface area contributed by atoms with Crippen molar-refractivity contribution in [2.45, 2.75) is 46.0 Å². The van der Waals surface area contributed by atoms with E-state index in [-0.39, 0.29) is 23.1 Å². The quantitative estimate of drug-likeness (QED) is 0.607. The topological polar surface area (TPSA) is 43.4 Å². The number of hydrogen-bond donors (Lipinski definition) is 0. The molecule has 0 spiro atoms. The van der Waals surface area contributed by atoms with Gasteiger partial charge in [0, 0.05) is 12.0 Å². The smallest absolute Gasteiger partial charge is 0.308 e. The maximum Gasteiger partial charge on any atom is 0.308 e. The van der Waals surface area contributed by atoms with Gasteiger partial charge in [-0.3, -0.25) is 9.59 Å². The van der Waals surface area contributed by atoms with Crippen LogP contribution in [-0.2, 0) is 9.53 Å². The Kier molecular flexibility index (Phi) is 5.16. The Hall–Kier alpha value is -1.64. The summed E-state index contributed by atoms with van der Waals surface area (Å²) < 4.78 is 5.09. The fourth-order valence-corrected chi connectivity index (χ4v) is 3.10. The molecule has 0 aliphatic heterocycles. The second kappa shape index (κ2) is 6.88. The van der Waals surface area contributed by atoms with Crippen LogP contribution in [0.3, 0.4) is 0 Å². The summed E-state index contributed by atoms with van der Waals surface area (Å²) in [5, 5.41) is 0. The van der Waals surface area contributed by atoms with E-state index in [1.54, 1.807) is 0 Å². The van der Waals surface area contributed by atoms with Gasteiger partial charge in [-0.1, -0.05) is 37.3 Å². The van der Waals surface area contributed by atoms with E-state index in [2.05, 4.69) is 6.92 Å². The number of ketones is 1. The number of esters is 1. The Labute approximate surface area is 126 Å². The van der Waals surface area contributed by atoms with Gasteiger partial charge in [-0.2, -0.15) is 0 Å². The highest BCUT2D eigenvalue weighted by molar-refractivity contribution is 5.96. The van der Waals surface area contributed by atoms with E-state index in [0.29, 0.717) is 13.0 Å². The van der Waals surface area contributed by atoms with Gasteiger partial charge in [0.25, 0.3) is 0 Å². The molecular weight excluding hydrogens is 264 g/mol. The van der Waals surface area contributed by atoms with Crippen LogP contribution >= 0.6 is 0 Å². The molecule has 1 aliphatic carbocycles. The molecule has 1 aromatic carbocycles. The number of hydrogen-bond acceptors (Lipinski definition) is 3. The first-order valence-electron chi connectivity index (χ1n) is 7.79. The Bertz CT molecular complexity index is 484. The molecule has 2 rings (SSSR count). The van der Waals surface area contributed by atoms with E-state index in [1.165, 1.54) is 0 Å². The predicted octanol–water partition coefficient (Wildman–Crippen LogP) is 4.02. The van der Waals surface area contributed by atoms with Crippen molar-refractivity contribution in [1.29, 1.82) is 0 Å². The van der Waals surface area contributed by atoms with Crippen LogP contribution in [0, 0.1) is 11.3 Å². The zero-order valence-electron chi connectivity index (χ0n) is 12.9. The van der Waals surface area contributed by atoms with Crippen LogP contribution in [0.5, 0.6) is 0 Å². The lowest BCUT2D eigenvalue weighted by Gasteiger charge is -2.36. The summed E-state index contributed by atoms with van der Waals surface area (Å²) in [6, 6.07) is 9.45. The van der Waals surface area contributed by atoms with Crippen molar-refractivity contribution >= 4 is 11.8 Å². The van der Waals surface area contributed by atoms with E-state index in [9.17, 15) is 9.59 Å². The van der Waals surface area contributed by atoms with E-state index < -0.39 is 0 Å². The summed E-state index contributed by atoms with van der Waals surface area (Å²) in [5.74, 6) is 0.145. The number of carbonyl (C=O) groups excluding carboxylic acids is 2. The number of carbonyl (C=O) groups is 2. The maximum atomic E-state index is 12.3. The fourth-order valence-electron chi connectivity index (χ4n) is 3.10. The van der Waals surface area contributed by atoms with Crippen LogP contribution in [0.4, 0.5) is 0 Å². The Morgan fingerprint density at radius 2 is 1.81 bits per heavy atom. The van der Waals surface area contributed by atoms with Crippen molar-refractivity contribution in [2.75, 3.05) is 6.61 Å². The van der Waals surface area contributed by atoms with Gasteiger partial charge in [0.1, 0.15) is 0 Å². The second-order valence-electron chi connectivity index (χ2n) is 6.30. The Morgan fingerprint density at radius 3 is 2.38 bits per heavy atom. The summed E-state index contributed by atoms with van der Waals surface area (Å²) in [5.41, 5.74) is 0.793. The lowest BCUT2D eigenvalue weighted by Crippen LogP contribution is -2.31. The summed E-state index contributed by atoms with van der Waals surface area (Å²) in [6.45, 7) is 4.44. The van der Waals surface area contributed by atoms with Crippen LogP contribution in [0.25, 0.3) is 0 Å². The van der Waals surface area contributed by atoms with Gasteiger partial charge in [-0.15, -0.1) is 0 Å². The molecule has 114 valence electrons. The zero-order valence-corrected chi connectivity index (χ0v) is 12.9. The van der Waals surface area contributed by atoms with Crippen LogP contribution in [-0.4, -0.2) is 18.4 Å². The highest BCUT2D eigenvalue weighted by atomic mass is 16.5. The van der Waals surface area contributed by atoms with E-state index >= 15 is 0 Å². The van der Waals surface area contributed by atoms with Gasteiger partial charge in [0.2, 0.25) is 0 Å². The summed E-state index contributed by atoms with van der Waals surface area (Å²) in [6.07, 6.45) is 4.05. The first-order chi connectivity index (χ1) is 10.0. The fraction of sp³-hybridized carbons (Fsp3) is 0.556. The third kappa shape index (κ3) is 4.16. The normalized spacial score (nSPS) is 25.3. The molecule has 0 bridgehead atoms. The largest absolute Gasteiger partial charge is 0.466 e. The van der Waals surface area contributed by atoms with Crippen molar-refractivity contribution in [2.24, 2.45) is 11.3 Å². The van der Waals surface area contributed by atoms with Crippen LogP contribution in [0.2, 0.25) is 0 Å². The molecule has 0 radical (unpaired) electrons. The molecule has 1 aromatic rings. The summed E-state index contributed by atoms with van der Waals surface area (Å²) in [4.78, 5) is 24.1. The van der Waals surface area contributed by atoms with Crippen LogP contribution in [0.15, 0.2) is 30.3 Å². The number of Topliss-reactive ketones (excluding diaryl/α,β-unsaturated/α-hetero) is 1. The maximum absolute atomic E-state index is 12.3. The molecule has 0 unspecified atom stereocenters. The number of ether oxygens (including phenoxy) is 1. The lowest BCUT2D eigenvalue weighted by atomic mass is 9.69. The highest BCUT2D eigenvalue weighted by Gasteiger charge is 2.36. The van der Waals surface area contributed by atoms with Crippen molar-refractivity contribution < 1.29 is 14.3 Å². The monoisotopic (exact) mass is 288 g/mol. The molecule has 21 heavy (non-hydrogen) atoms. The SMILES string of the molecule is CCOC(=O)C1CCC(C)(CC(=O)c2ccccc2)CC1. The van der Waals surface area contributed by atoms with Gasteiger partial charge in [-0.05, 0) is 38.0 Å². The third-order valence-electron chi connectivity index (χ3n) is 4.50. The Balaban J connectivity index is 1.90. The molecule has 3 nitrogen and oxygen atoms in total. The molecule has 1 fully saturated rings. The first kappa shape index (κ1) is 15.7. The molecular formula is C18H24O3. The van der Waals surface area contributed by atoms with Crippen molar-refractivity contribution in [1.82, 2.24) is 0 Å². The average molecular weight is 288 g/mol. The Morgan fingerprint density at radius 1 is 1.19 bits per heavy atom. The minimum atomic E-state index is -0.0751. The molecule has 0 saturated heterocycles. The minimum Gasteiger partial charge on any atom is -0.466 e. The molecule has 1 aliphatic rings. The molecule has 0 heterocycles. The summed E-state index contributed by atoms with van der Waals surface area (Å²) >= 11 is 0. The number of rotatable bonds is 5. The molecule has 1 saturated carbocycles. The predicted molar refractivity (Wildman–Crippen MR) is 82.1 cm³/mol. The van der Waals surface area contributed by atoms with E-state index in [0.717, 1.165) is 31.2 Å². The minimum absolute atomic E-state index is 0.00984. The standard InChI is InChI=1S/C18H24O3/c1-3-21-17(20)15-9-11-18(2,12-10-15)13-16(19)14-7-5-4-6-8-14/h4-8,15H,3,9-13H2,1-2H3. The van der Waals surface area contributed by atoms with E-state index in [4.69, 9.17) is 4.74 Å². The van der Waals surface area contributed by atoms with Crippen molar-refractivity contribution in [3.8, 4) is 0 Å². The molecule has 0 N–H and O–H groups in total. The number of benzene rings is 1. The first-order valence-corrected chi connectivity index (χ1v) is 7.79.